The van der Waals surface area contributed by atoms with Crippen molar-refractivity contribution in [3.05, 3.63) is 0 Å². The zero-order chi connectivity index (χ0) is 16.1. The molecule has 128 valence electrons. The summed E-state index contributed by atoms with van der Waals surface area (Å²) in [5.41, 5.74) is 0. The van der Waals surface area contributed by atoms with Crippen molar-refractivity contribution in [2.45, 2.75) is 53.0 Å². The summed E-state index contributed by atoms with van der Waals surface area (Å²) in [6.45, 7) is 16.5. The number of carbonyl (C=O) groups excluding carboxylic acids is 1. The topological polar surface area (TPSA) is 26.8 Å². The highest BCUT2D eigenvalue weighted by Gasteiger charge is 2.25. The van der Waals surface area contributed by atoms with E-state index in [0.29, 0.717) is 18.4 Å². The standard InChI is InChI=1S/C18H35N3O/c1-15(2)17-5-9-21(10-6-17)18(22)7-8-19-11-13-20(14-12-19)16(3)4/h15-17H,5-14H2,1-4H3. The third kappa shape index (κ3) is 4.95. The number of nitrogens with zero attached hydrogens (tertiary/aromatic N) is 3. The molecule has 0 aromatic heterocycles. The Bertz CT molecular complexity index is 340. The van der Waals surface area contributed by atoms with Crippen LogP contribution in [0, 0.1) is 11.8 Å². The number of rotatable bonds is 5. The molecule has 0 atom stereocenters. The Kier molecular flexibility index (Phi) is 6.69. The molecule has 0 aromatic rings. The smallest absolute Gasteiger partial charge is 0.223 e. The zero-order valence-corrected chi connectivity index (χ0v) is 15.1. The van der Waals surface area contributed by atoms with E-state index in [4.69, 9.17) is 0 Å². The summed E-state index contributed by atoms with van der Waals surface area (Å²) in [6, 6.07) is 0.644. The van der Waals surface area contributed by atoms with E-state index >= 15 is 0 Å². The predicted molar refractivity (Wildman–Crippen MR) is 91.9 cm³/mol. The molecule has 4 nitrogen and oxygen atoms in total. The van der Waals surface area contributed by atoms with Crippen LogP contribution in [0.5, 0.6) is 0 Å². The Labute approximate surface area is 136 Å². The second-order valence-corrected chi connectivity index (χ2v) is 7.68. The van der Waals surface area contributed by atoms with E-state index in [9.17, 15) is 4.79 Å². The molecule has 0 N–H and O–H groups in total. The third-order valence-corrected chi connectivity index (χ3v) is 5.61. The van der Waals surface area contributed by atoms with Gasteiger partial charge in [-0.25, -0.2) is 0 Å². The fourth-order valence-corrected chi connectivity index (χ4v) is 3.73. The molecule has 0 unspecified atom stereocenters. The molecule has 0 spiro atoms. The van der Waals surface area contributed by atoms with Crippen molar-refractivity contribution in [3.63, 3.8) is 0 Å². The van der Waals surface area contributed by atoms with Crippen molar-refractivity contribution < 1.29 is 4.79 Å². The van der Waals surface area contributed by atoms with Crippen molar-refractivity contribution in [1.82, 2.24) is 14.7 Å². The molecule has 0 bridgehead atoms. The highest BCUT2D eigenvalue weighted by atomic mass is 16.2. The van der Waals surface area contributed by atoms with Crippen molar-refractivity contribution in [1.29, 1.82) is 0 Å². The van der Waals surface area contributed by atoms with Gasteiger partial charge in [0.15, 0.2) is 0 Å². The van der Waals surface area contributed by atoms with Gasteiger partial charge in [-0.3, -0.25) is 9.69 Å². The summed E-state index contributed by atoms with van der Waals surface area (Å²) in [5, 5.41) is 0. The maximum atomic E-state index is 12.4. The Balaban J connectivity index is 1.64. The van der Waals surface area contributed by atoms with Gasteiger partial charge >= 0.3 is 0 Å². The number of hydrogen-bond donors (Lipinski definition) is 0. The van der Waals surface area contributed by atoms with E-state index in [-0.39, 0.29) is 0 Å². The average molecular weight is 309 g/mol. The van der Waals surface area contributed by atoms with Crippen LogP contribution in [0.15, 0.2) is 0 Å². The fraction of sp³-hybridized carbons (Fsp3) is 0.944. The van der Waals surface area contributed by atoms with Crippen LogP contribution in [-0.2, 0) is 4.79 Å². The van der Waals surface area contributed by atoms with Gasteiger partial charge in [-0.05, 0) is 38.5 Å². The maximum Gasteiger partial charge on any atom is 0.223 e. The van der Waals surface area contributed by atoms with Crippen molar-refractivity contribution in [2.75, 3.05) is 45.8 Å². The highest BCUT2D eigenvalue weighted by Crippen LogP contribution is 2.24. The summed E-state index contributed by atoms with van der Waals surface area (Å²) in [4.78, 5) is 19.5. The first-order chi connectivity index (χ1) is 10.5. The molecule has 2 aliphatic rings. The Hall–Kier alpha value is -0.610. The monoisotopic (exact) mass is 309 g/mol. The van der Waals surface area contributed by atoms with Crippen molar-refractivity contribution >= 4 is 5.91 Å². The van der Waals surface area contributed by atoms with Gasteiger partial charge in [0.25, 0.3) is 0 Å². The zero-order valence-electron chi connectivity index (χ0n) is 15.1. The summed E-state index contributed by atoms with van der Waals surface area (Å²) in [6.07, 6.45) is 3.08. The summed E-state index contributed by atoms with van der Waals surface area (Å²) in [7, 11) is 0. The second-order valence-electron chi connectivity index (χ2n) is 7.68. The maximum absolute atomic E-state index is 12.4. The third-order valence-electron chi connectivity index (χ3n) is 5.61. The van der Waals surface area contributed by atoms with E-state index in [2.05, 4.69) is 42.4 Å². The van der Waals surface area contributed by atoms with Gasteiger partial charge in [0.05, 0.1) is 0 Å². The number of likely N-dealkylation sites (tertiary alicyclic amines) is 1. The van der Waals surface area contributed by atoms with E-state index in [0.717, 1.165) is 57.6 Å². The number of piperidine rings is 1. The van der Waals surface area contributed by atoms with Gasteiger partial charge in [-0.1, -0.05) is 13.8 Å². The SMILES string of the molecule is CC(C)C1CCN(C(=O)CCN2CCN(C(C)C)CC2)CC1. The average Bonchev–Trinajstić information content (AvgIpc) is 2.53. The Morgan fingerprint density at radius 3 is 2.05 bits per heavy atom. The first kappa shape index (κ1) is 17.7. The van der Waals surface area contributed by atoms with E-state index in [1.54, 1.807) is 0 Å². The van der Waals surface area contributed by atoms with Gasteiger partial charge in [0, 0.05) is 58.3 Å². The Morgan fingerprint density at radius 1 is 0.955 bits per heavy atom. The van der Waals surface area contributed by atoms with Gasteiger partial charge in [-0.15, -0.1) is 0 Å². The number of carbonyl (C=O) groups is 1. The molecule has 4 heteroatoms. The van der Waals surface area contributed by atoms with Crippen LogP contribution in [0.2, 0.25) is 0 Å². The van der Waals surface area contributed by atoms with E-state index in [1.807, 2.05) is 0 Å². The molecular formula is C18H35N3O. The number of piperazine rings is 1. The largest absolute Gasteiger partial charge is 0.343 e. The molecule has 2 saturated heterocycles. The molecule has 0 radical (unpaired) electrons. The summed E-state index contributed by atoms with van der Waals surface area (Å²) >= 11 is 0. The van der Waals surface area contributed by atoms with Crippen LogP contribution in [0.3, 0.4) is 0 Å². The lowest BCUT2D eigenvalue weighted by molar-refractivity contribution is -0.133. The minimum absolute atomic E-state index is 0.369. The molecule has 0 aliphatic carbocycles. The molecule has 2 heterocycles. The molecule has 2 rings (SSSR count). The second kappa shape index (κ2) is 8.30. The quantitative estimate of drug-likeness (QED) is 0.780. The summed E-state index contributed by atoms with van der Waals surface area (Å²) < 4.78 is 0. The minimum Gasteiger partial charge on any atom is -0.343 e. The van der Waals surface area contributed by atoms with Gasteiger partial charge in [0.2, 0.25) is 5.91 Å². The van der Waals surface area contributed by atoms with E-state index in [1.165, 1.54) is 12.8 Å². The van der Waals surface area contributed by atoms with Crippen LogP contribution in [-0.4, -0.2) is 72.5 Å². The van der Waals surface area contributed by atoms with Crippen LogP contribution in [0.4, 0.5) is 0 Å². The number of amides is 1. The highest BCUT2D eigenvalue weighted by molar-refractivity contribution is 5.76. The molecule has 0 aromatic carbocycles. The van der Waals surface area contributed by atoms with Crippen LogP contribution in [0.1, 0.15) is 47.0 Å². The number of hydrogen-bond acceptors (Lipinski definition) is 3. The molecule has 1 amide bonds. The first-order valence-electron chi connectivity index (χ1n) is 9.21. The van der Waals surface area contributed by atoms with Crippen LogP contribution in [0.25, 0.3) is 0 Å². The minimum atomic E-state index is 0.369. The molecular weight excluding hydrogens is 274 g/mol. The lowest BCUT2D eigenvalue weighted by atomic mass is 9.86. The lowest BCUT2D eigenvalue weighted by Gasteiger charge is -2.37. The van der Waals surface area contributed by atoms with Gasteiger partial charge in [0.1, 0.15) is 0 Å². The fourth-order valence-electron chi connectivity index (χ4n) is 3.73. The van der Waals surface area contributed by atoms with Crippen LogP contribution >= 0.6 is 0 Å². The molecule has 0 saturated carbocycles. The molecule has 2 aliphatic heterocycles. The van der Waals surface area contributed by atoms with Crippen LogP contribution < -0.4 is 0 Å². The first-order valence-corrected chi connectivity index (χ1v) is 9.21. The lowest BCUT2D eigenvalue weighted by Crippen LogP contribution is -2.49. The summed E-state index contributed by atoms with van der Waals surface area (Å²) in [5.74, 6) is 1.94. The van der Waals surface area contributed by atoms with Crippen molar-refractivity contribution in [3.8, 4) is 0 Å². The molecule has 2 fully saturated rings. The normalized spacial score (nSPS) is 22.7. The predicted octanol–water partition coefficient (Wildman–Crippen LogP) is 2.30. The Morgan fingerprint density at radius 2 is 1.55 bits per heavy atom. The molecule has 22 heavy (non-hydrogen) atoms. The van der Waals surface area contributed by atoms with Gasteiger partial charge in [-0.2, -0.15) is 0 Å². The van der Waals surface area contributed by atoms with Crippen molar-refractivity contribution in [2.24, 2.45) is 11.8 Å². The van der Waals surface area contributed by atoms with Gasteiger partial charge < -0.3 is 9.80 Å². The van der Waals surface area contributed by atoms with E-state index < -0.39 is 0 Å².